The maximum Gasteiger partial charge on any atom is 0.429 e. The van der Waals surface area contributed by atoms with Crippen LogP contribution in [0, 0.1) is 17.5 Å². The molecule has 0 heterocycles. The first kappa shape index (κ1) is 33.7. The van der Waals surface area contributed by atoms with Gasteiger partial charge >= 0.3 is 12.0 Å². The van der Waals surface area contributed by atoms with Crippen LogP contribution in [0.15, 0.2) is 103 Å². The van der Waals surface area contributed by atoms with Gasteiger partial charge in [-0.3, -0.25) is 0 Å². The molecule has 0 aliphatic rings. The van der Waals surface area contributed by atoms with Crippen LogP contribution < -0.4 is 4.74 Å². The summed E-state index contributed by atoms with van der Waals surface area (Å²) in [6.45, 7) is 0.183. The fourth-order valence-corrected chi connectivity index (χ4v) is 5.26. The molecule has 5 aromatic carbocycles. The third-order valence-corrected chi connectivity index (χ3v) is 7.88. The molecule has 0 atom stereocenters. The molecule has 5 aromatic rings. The Bertz CT molecular complexity index is 1830. The van der Waals surface area contributed by atoms with E-state index in [0.29, 0.717) is 23.1 Å². The van der Waals surface area contributed by atoms with Gasteiger partial charge in [0.25, 0.3) is 0 Å². The Morgan fingerprint density at radius 2 is 1.15 bits per heavy atom. The van der Waals surface area contributed by atoms with Gasteiger partial charge in [-0.2, -0.15) is 17.6 Å². The second-order valence-corrected chi connectivity index (χ2v) is 11.2. The van der Waals surface area contributed by atoms with Crippen LogP contribution >= 0.6 is 0 Å². The lowest BCUT2D eigenvalue weighted by Crippen LogP contribution is -2.23. The van der Waals surface area contributed by atoms with Crippen molar-refractivity contribution in [1.82, 2.24) is 0 Å². The molecular formula is C38H30F8O. The number of alkyl halides is 5. The maximum absolute atomic E-state index is 15.2. The summed E-state index contributed by atoms with van der Waals surface area (Å²) < 4.78 is 119. The number of benzene rings is 5. The van der Waals surface area contributed by atoms with Crippen molar-refractivity contribution in [2.75, 3.05) is 6.67 Å². The lowest BCUT2D eigenvalue weighted by atomic mass is 9.96. The Kier molecular flexibility index (Phi) is 10.0. The van der Waals surface area contributed by atoms with Crippen LogP contribution in [0.1, 0.15) is 42.9 Å². The Morgan fingerprint density at radius 3 is 1.74 bits per heavy atom. The monoisotopic (exact) mass is 654 g/mol. The molecule has 0 unspecified atom stereocenters. The number of ether oxygens (including phenoxy) is 1. The maximum atomic E-state index is 15.2. The van der Waals surface area contributed by atoms with E-state index >= 15 is 8.78 Å². The normalized spacial score (nSPS) is 11.9. The van der Waals surface area contributed by atoms with Crippen LogP contribution in [-0.4, -0.2) is 6.67 Å². The lowest BCUT2D eigenvalue weighted by molar-refractivity contribution is -0.187. The van der Waals surface area contributed by atoms with Crippen molar-refractivity contribution in [3.8, 4) is 39.1 Å². The Morgan fingerprint density at radius 1 is 0.574 bits per heavy atom. The van der Waals surface area contributed by atoms with Crippen LogP contribution in [0.4, 0.5) is 35.1 Å². The minimum Gasteiger partial charge on any atom is -0.429 e. The van der Waals surface area contributed by atoms with Crippen LogP contribution in [0.5, 0.6) is 5.75 Å². The van der Waals surface area contributed by atoms with Gasteiger partial charge in [0.1, 0.15) is 23.2 Å². The van der Waals surface area contributed by atoms with Crippen LogP contribution in [0.25, 0.3) is 33.4 Å². The highest BCUT2D eigenvalue weighted by atomic mass is 19.3. The summed E-state index contributed by atoms with van der Waals surface area (Å²) in [6, 6.07) is 21.9. The molecule has 0 aromatic heterocycles. The lowest BCUT2D eigenvalue weighted by Gasteiger charge is -2.19. The SMILES string of the molecule is CCCCCc1ccc(C(F)(F)Oc2ccc(-c3ccc(-c4ccc(-c5ccc(C(F)(F)CF)cc5)c(F)c4)c(F)c3)cc2)c(F)c1. The van der Waals surface area contributed by atoms with Gasteiger partial charge < -0.3 is 4.74 Å². The average molecular weight is 655 g/mol. The van der Waals surface area contributed by atoms with Crippen molar-refractivity contribution < 1.29 is 39.9 Å². The molecule has 0 radical (unpaired) electrons. The standard InChI is InChI=1S/C38H30F8O/c1-2-3-4-5-24-6-19-33(36(42)20-24)38(45,46)47-30-15-9-25(10-16-30)27-11-17-32(34(40)21-27)28-12-18-31(35(41)22-28)26-7-13-29(14-8-26)37(43,44)23-39/h6-22H,2-5,23H2,1H3. The zero-order chi connectivity index (χ0) is 33.8. The number of rotatable bonds is 12. The highest BCUT2D eigenvalue weighted by Crippen LogP contribution is 2.36. The number of aryl methyl sites for hydroxylation is 1. The minimum atomic E-state index is -3.93. The van der Waals surface area contributed by atoms with Gasteiger partial charge in [0.15, 0.2) is 6.67 Å². The summed E-state index contributed by atoms with van der Waals surface area (Å²) >= 11 is 0. The van der Waals surface area contributed by atoms with Crippen LogP contribution in [-0.2, 0) is 18.5 Å². The van der Waals surface area contributed by atoms with Crippen molar-refractivity contribution in [3.63, 3.8) is 0 Å². The predicted molar refractivity (Wildman–Crippen MR) is 167 cm³/mol. The largest absolute Gasteiger partial charge is 0.429 e. The Labute approximate surface area is 267 Å². The number of halogens is 8. The smallest absolute Gasteiger partial charge is 0.429 e. The zero-order valence-corrected chi connectivity index (χ0v) is 25.3. The molecule has 244 valence electrons. The van der Waals surface area contributed by atoms with Crippen LogP contribution in [0.3, 0.4) is 0 Å². The van der Waals surface area contributed by atoms with Gasteiger partial charge in [0, 0.05) is 16.7 Å². The third-order valence-electron chi connectivity index (χ3n) is 7.88. The molecule has 0 bridgehead atoms. The van der Waals surface area contributed by atoms with Crippen molar-refractivity contribution in [2.45, 2.75) is 44.6 Å². The van der Waals surface area contributed by atoms with E-state index in [4.69, 9.17) is 4.74 Å². The zero-order valence-electron chi connectivity index (χ0n) is 25.3. The number of hydrogen-bond acceptors (Lipinski definition) is 1. The van der Waals surface area contributed by atoms with Gasteiger partial charge in [-0.1, -0.05) is 86.5 Å². The highest BCUT2D eigenvalue weighted by molar-refractivity contribution is 5.74. The summed E-state index contributed by atoms with van der Waals surface area (Å²) in [7, 11) is 0. The summed E-state index contributed by atoms with van der Waals surface area (Å²) in [6.07, 6.45) is -0.555. The summed E-state index contributed by atoms with van der Waals surface area (Å²) in [5.41, 5.74) is 0.822. The van der Waals surface area contributed by atoms with Crippen molar-refractivity contribution in [2.24, 2.45) is 0 Å². The molecule has 0 amide bonds. The van der Waals surface area contributed by atoms with Crippen LogP contribution in [0.2, 0.25) is 0 Å². The predicted octanol–water partition coefficient (Wildman–Crippen LogP) is 12.0. The molecule has 47 heavy (non-hydrogen) atoms. The van der Waals surface area contributed by atoms with E-state index in [-0.39, 0.29) is 28.0 Å². The molecule has 9 heteroatoms. The van der Waals surface area contributed by atoms with E-state index in [1.807, 2.05) is 6.92 Å². The van der Waals surface area contributed by atoms with E-state index < -0.39 is 47.3 Å². The molecule has 0 aliphatic heterocycles. The first-order valence-corrected chi connectivity index (χ1v) is 15.0. The topological polar surface area (TPSA) is 9.23 Å². The molecule has 0 N–H and O–H groups in total. The fraction of sp³-hybridized carbons (Fsp3) is 0.211. The van der Waals surface area contributed by atoms with Gasteiger partial charge in [0.05, 0.1) is 5.56 Å². The van der Waals surface area contributed by atoms with Gasteiger partial charge in [0.2, 0.25) is 0 Å². The van der Waals surface area contributed by atoms with E-state index in [2.05, 4.69) is 0 Å². The summed E-state index contributed by atoms with van der Waals surface area (Å²) in [5, 5.41) is 0. The molecule has 5 rings (SSSR count). The fourth-order valence-electron chi connectivity index (χ4n) is 5.26. The van der Waals surface area contributed by atoms with Gasteiger partial charge in [-0.25, -0.2) is 17.6 Å². The van der Waals surface area contributed by atoms with Crippen molar-refractivity contribution in [3.05, 3.63) is 137 Å². The second kappa shape index (κ2) is 14.0. The molecule has 0 aliphatic carbocycles. The molecular weight excluding hydrogens is 624 g/mol. The van der Waals surface area contributed by atoms with E-state index in [1.165, 1.54) is 66.7 Å². The molecule has 0 fully saturated rings. The molecule has 1 nitrogen and oxygen atoms in total. The second-order valence-electron chi connectivity index (χ2n) is 11.2. The van der Waals surface area contributed by atoms with Gasteiger partial charge in [-0.05, 0) is 77.1 Å². The highest BCUT2D eigenvalue weighted by Gasteiger charge is 2.37. The van der Waals surface area contributed by atoms with Crippen molar-refractivity contribution >= 4 is 0 Å². The number of unbranched alkanes of at least 4 members (excludes halogenated alkanes) is 2. The average Bonchev–Trinajstić information content (AvgIpc) is 3.05. The summed E-state index contributed by atoms with van der Waals surface area (Å²) in [4.78, 5) is 0. The molecule has 0 saturated carbocycles. The van der Waals surface area contributed by atoms with E-state index in [9.17, 15) is 26.3 Å². The Balaban J connectivity index is 1.28. The van der Waals surface area contributed by atoms with E-state index in [1.54, 1.807) is 6.07 Å². The molecule has 0 saturated heterocycles. The first-order valence-electron chi connectivity index (χ1n) is 15.0. The van der Waals surface area contributed by atoms with Crippen molar-refractivity contribution in [1.29, 1.82) is 0 Å². The van der Waals surface area contributed by atoms with Gasteiger partial charge in [-0.15, -0.1) is 0 Å². The Hall–Kier alpha value is -4.66. The summed E-state index contributed by atoms with van der Waals surface area (Å²) in [5.74, 6) is -6.31. The quantitative estimate of drug-likeness (QED) is 0.0961. The first-order chi connectivity index (χ1) is 22.4. The minimum absolute atomic E-state index is 0.0927. The number of hydrogen-bond donors (Lipinski definition) is 0. The third kappa shape index (κ3) is 7.67. The molecule has 0 spiro atoms. The van der Waals surface area contributed by atoms with E-state index in [0.717, 1.165) is 49.6 Å².